The van der Waals surface area contributed by atoms with Crippen molar-refractivity contribution in [1.29, 1.82) is 0 Å². The number of anilines is 1. The second-order valence-corrected chi connectivity index (χ2v) is 7.62. The molecule has 1 amide bonds. The van der Waals surface area contributed by atoms with E-state index >= 15 is 0 Å². The molecule has 0 N–H and O–H groups in total. The number of ether oxygens (including phenoxy) is 3. The van der Waals surface area contributed by atoms with E-state index in [9.17, 15) is 18.4 Å². The maximum atomic E-state index is 13.4. The molecule has 0 radical (unpaired) electrons. The van der Waals surface area contributed by atoms with Gasteiger partial charge in [0.15, 0.2) is 29.7 Å². The van der Waals surface area contributed by atoms with Crippen LogP contribution in [0.1, 0.15) is 15.2 Å². The summed E-state index contributed by atoms with van der Waals surface area (Å²) in [7, 11) is 0. The largest absolute Gasteiger partial charge is 0.486 e. The molecule has 2 heterocycles. The Morgan fingerprint density at radius 3 is 2.55 bits per heavy atom. The van der Waals surface area contributed by atoms with Gasteiger partial charge >= 0.3 is 5.97 Å². The van der Waals surface area contributed by atoms with Crippen molar-refractivity contribution in [3.8, 4) is 11.5 Å². The molecular formula is C22H17F2NO5S. The van der Waals surface area contributed by atoms with Crippen molar-refractivity contribution in [1.82, 2.24) is 0 Å². The van der Waals surface area contributed by atoms with Gasteiger partial charge in [-0.1, -0.05) is 6.07 Å². The molecule has 31 heavy (non-hydrogen) atoms. The molecule has 160 valence electrons. The highest BCUT2D eigenvalue weighted by Gasteiger charge is 2.22. The summed E-state index contributed by atoms with van der Waals surface area (Å²) in [5.74, 6) is -2.55. The third-order valence-corrected chi connectivity index (χ3v) is 5.38. The van der Waals surface area contributed by atoms with Crippen LogP contribution in [0.3, 0.4) is 0 Å². The van der Waals surface area contributed by atoms with Crippen molar-refractivity contribution >= 4 is 28.9 Å². The van der Waals surface area contributed by atoms with Gasteiger partial charge in [-0.3, -0.25) is 4.79 Å². The fourth-order valence-corrected chi connectivity index (χ4v) is 3.69. The summed E-state index contributed by atoms with van der Waals surface area (Å²) in [6.45, 7) is 0.543. The summed E-state index contributed by atoms with van der Waals surface area (Å²) in [6, 6.07) is 11.5. The van der Waals surface area contributed by atoms with Crippen molar-refractivity contribution in [3.63, 3.8) is 0 Å². The number of benzene rings is 2. The van der Waals surface area contributed by atoms with Gasteiger partial charge in [0.05, 0.1) is 12.1 Å². The third kappa shape index (κ3) is 4.83. The lowest BCUT2D eigenvalue weighted by molar-refractivity contribution is -0.121. The molecule has 3 aromatic rings. The molecule has 0 atom stereocenters. The van der Waals surface area contributed by atoms with E-state index in [1.165, 1.54) is 16.2 Å². The van der Waals surface area contributed by atoms with Gasteiger partial charge in [-0.15, -0.1) is 11.3 Å². The van der Waals surface area contributed by atoms with Crippen LogP contribution in [0, 0.1) is 11.6 Å². The highest BCUT2D eigenvalue weighted by atomic mass is 32.1. The molecule has 1 aliphatic rings. The van der Waals surface area contributed by atoms with Gasteiger partial charge in [0, 0.05) is 16.6 Å². The summed E-state index contributed by atoms with van der Waals surface area (Å²) < 4.78 is 42.6. The molecule has 2 aromatic carbocycles. The third-order valence-electron chi connectivity index (χ3n) is 4.51. The summed E-state index contributed by atoms with van der Waals surface area (Å²) in [5, 5.41) is 1.89. The number of carbonyl (C=O) groups excluding carboxylic acids is 2. The van der Waals surface area contributed by atoms with Crippen LogP contribution in [-0.4, -0.2) is 31.7 Å². The minimum atomic E-state index is -1.17. The van der Waals surface area contributed by atoms with Crippen molar-refractivity contribution < 1.29 is 32.6 Å². The lowest BCUT2D eigenvalue weighted by Gasteiger charge is -2.25. The fourth-order valence-electron chi connectivity index (χ4n) is 2.99. The van der Waals surface area contributed by atoms with Gasteiger partial charge in [0.2, 0.25) is 0 Å². The number of hydrogen-bond acceptors (Lipinski definition) is 6. The predicted octanol–water partition coefficient (Wildman–Crippen LogP) is 4.19. The number of amides is 1. The number of hydrogen-bond donors (Lipinski definition) is 0. The Morgan fingerprint density at radius 1 is 1.00 bits per heavy atom. The van der Waals surface area contributed by atoms with Crippen molar-refractivity contribution in [2.75, 3.05) is 24.7 Å². The van der Waals surface area contributed by atoms with Crippen molar-refractivity contribution in [3.05, 3.63) is 76.0 Å². The summed E-state index contributed by atoms with van der Waals surface area (Å²) >= 11 is 1.48. The van der Waals surface area contributed by atoms with Crippen molar-refractivity contribution in [2.45, 2.75) is 6.54 Å². The lowest BCUT2D eigenvalue weighted by atomic mass is 10.2. The summed E-state index contributed by atoms with van der Waals surface area (Å²) in [4.78, 5) is 27.5. The molecule has 1 aromatic heterocycles. The van der Waals surface area contributed by atoms with E-state index in [-0.39, 0.29) is 12.1 Å². The molecule has 0 saturated heterocycles. The van der Waals surface area contributed by atoms with Gasteiger partial charge in [-0.25, -0.2) is 13.6 Å². The number of carbonyl (C=O) groups is 2. The SMILES string of the molecule is O=C(OCC(=O)N(Cc1cccs1)c1ccc2c(c1)OCCO2)c1ccc(F)c(F)c1. The van der Waals surface area contributed by atoms with Gasteiger partial charge in [-0.2, -0.15) is 0 Å². The molecule has 0 saturated carbocycles. The number of fused-ring (bicyclic) bond motifs is 1. The zero-order valence-corrected chi connectivity index (χ0v) is 17.0. The quantitative estimate of drug-likeness (QED) is 0.533. The maximum absolute atomic E-state index is 13.4. The highest BCUT2D eigenvalue weighted by molar-refractivity contribution is 7.09. The maximum Gasteiger partial charge on any atom is 0.338 e. The molecule has 6 nitrogen and oxygen atoms in total. The monoisotopic (exact) mass is 445 g/mol. The number of thiophene rings is 1. The standard InChI is InChI=1S/C22H17F2NO5S/c23-17-5-3-14(10-18(17)24)22(27)30-13-21(26)25(12-16-2-1-9-31-16)15-4-6-19-20(11-15)29-8-7-28-19/h1-6,9-11H,7-8,12-13H2. The fraction of sp³-hybridized carbons (Fsp3) is 0.182. The molecule has 9 heteroatoms. The first-order valence-electron chi connectivity index (χ1n) is 9.36. The Morgan fingerprint density at radius 2 is 1.81 bits per heavy atom. The van der Waals surface area contributed by atoms with Crippen LogP contribution < -0.4 is 14.4 Å². The zero-order valence-electron chi connectivity index (χ0n) is 16.2. The van der Waals surface area contributed by atoms with Gasteiger partial charge in [-0.05, 0) is 41.8 Å². The van der Waals surface area contributed by atoms with E-state index in [4.69, 9.17) is 14.2 Å². The molecule has 0 fully saturated rings. The summed E-state index contributed by atoms with van der Waals surface area (Å²) in [5.41, 5.74) is 0.363. The first kappa shape index (κ1) is 20.8. The average Bonchev–Trinajstić information content (AvgIpc) is 3.30. The van der Waals surface area contributed by atoms with Crippen LogP contribution in [-0.2, 0) is 16.1 Å². The number of rotatable bonds is 6. The van der Waals surface area contributed by atoms with Crippen LogP contribution in [0.25, 0.3) is 0 Å². The average molecular weight is 445 g/mol. The molecule has 0 bridgehead atoms. The Balaban J connectivity index is 1.51. The van der Waals surface area contributed by atoms with Gasteiger partial charge in [0.1, 0.15) is 13.2 Å². The number of esters is 1. The van der Waals surface area contributed by atoms with E-state index in [2.05, 4.69) is 0 Å². The van der Waals surface area contributed by atoms with E-state index in [0.29, 0.717) is 30.4 Å². The van der Waals surface area contributed by atoms with Crippen LogP contribution in [0.5, 0.6) is 11.5 Å². The molecule has 0 spiro atoms. The summed E-state index contributed by atoms with van der Waals surface area (Å²) in [6.07, 6.45) is 0. The smallest absolute Gasteiger partial charge is 0.338 e. The first-order valence-corrected chi connectivity index (χ1v) is 10.2. The normalized spacial score (nSPS) is 12.3. The Kier molecular flexibility index (Phi) is 6.13. The zero-order chi connectivity index (χ0) is 21.8. The molecule has 0 aliphatic carbocycles. The number of halogens is 2. The Hall–Kier alpha value is -3.46. The second-order valence-electron chi connectivity index (χ2n) is 6.59. The first-order chi connectivity index (χ1) is 15.0. The van der Waals surface area contributed by atoms with Crippen LogP contribution in [0.15, 0.2) is 53.9 Å². The minimum Gasteiger partial charge on any atom is -0.486 e. The predicted molar refractivity (Wildman–Crippen MR) is 110 cm³/mol. The second kappa shape index (κ2) is 9.13. The minimum absolute atomic E-state index is 0.184. The van der Waals surface area contributed by atoms with E-state index in [0.717, 1.165) is 23.1 Å². The van der Waals surface area contributed by atoms with Gasteiger partial charge in [0.25, 0.3) is 5.91 Å². The van der Waals surface area contributed by atoms with E-state index in [1.54, 1.807) is 18.2 Å². The lowest BCUT2D eigenvalue weighted by Crippen LogP contribution is -2.34. The topological polar surface area (TPSA) is 65.1 Å². The molecular weight excluding hydrogens is 428 g/mol. The van der Waals surface area contributed by atoms with Crippen LogP contribution in [0.2, 0.25) is 0 Å². The van der Waals surface area contributed by atoms with Crippen LogP contribution in [0.4, 0.5) is 14.5 Å². The molecule has 1 aliphatic heterocycles. The van der Waals surface area contributed by atoms with E-state index < -0.39 is 30.1 Å². The number of nitrogens with zero attached hydrogens (tertiary/aromatic N) is 1. The molecule has 4 rings (SSSR count). The Bertz CT molecular complexity index is 1100. The van der Waals surface area contributed by atoms with Crippen LogP contribution >= 0.6 is 11.3 Å². The van der Waals surface area contributed by atoms with Gasteiger partial charge < -0.3 is 19.1 Å². The van der Waals surface area contributed by atoms with E-state index in [1.807, 2.05) is 17.5 Å². The highest BCUT2D eigenvalue weighted by Crippen LogP contribution is 2.34. The Labute approximate surface area is 180 Å². The molecule has 0 unspecified atom stereocenters. The van der Waals surface area contributed by atoms with Crippen molar-refractivity contribution in [2.24, 2.45) is 0 Å².